The molecular formula is C22H18BrN3O2. The Kier molecular flexibility index (Phi) is 4.96. The van der Waals surface area contributed by atoms with Crippen molar-refractivity contribution >= 4 is 43.8 Å². The lowest BCUT2D eigenvalue weighted by molar-refractivity contribution is 0.340. The van der Waals surface area contributed by atoms with Crippen LogP contribution in [0.3, 0.4) is 0 Å². The highest BCUT2D eigenvalue weighted by molar-refractivity contribution is 9.10. The Morgan fingerprint density at radius 3 is 2.79 bits per heavy atom. The van der Waals surface area contributed by atoms with Gasteiger partial charge in [-0.2, -0.15) is 9.78 Å². The molecular weight excluding hydrogens is 418 g/mol. The minimum absolute atomic E-state index is 0.210. The van der Waals surface area contributed by atoms with Crippen LogP contribution < -0.4 is 10.3 Å². The van der Waals surface area contributed by atoms with Gasteiger partial charge in [-0.3, -0.25) is 4.79 Å². The topological polar surface area (TPSA) is 56.5 Å². The van der Waals surface area contributed by atoms with Crippen LogP contribution in [0, 0.1) is 6.92 Å². The number of aromatic nitrogens is 2. The number of hydrogen-bond donors (Lipinski definition) is 0. The van der Waals surface area contributed by atoms with Crippen LogP contribution in [0.2, 0.25) is 0 Å². The van der Waals surface area contributed by atoms with E-state index in [2.05, 4.69) is 26.0 Å². The number of ether oxygens (including phenoxy) is 1. The second kappa shape index (κ2) is 7.56. The van der Waals surface area contributed by atoms with Gasteiger partial charge < -0.3 is 4.74 Å². The zero-order valence-electron chi connectivity index (χ0n) is 15.5. The summed E-state index contributed by atoms with van der Waals surface area (Å²) in [5.41, 5.74) is 1.27. The predicted octanol–water partition coefficient (Wildman–Crippen LogP) is 4.90. The fraction of sp³-hybridized carbons (Fsp3) is 0.136. The number of nitrogens with zero attached hydrogens (tertiary/aromatic N) is 3. The molecule has 0 amide bonds. The Labute approximate surface area is 170 Å². The molecule has 0 N–H and O–H groups in total. The molecule has 0 saturated heterocycles. The van der Waals surface area contributed by atoms with E-state index in [0.29, 0.717) is 23.3 Å². The van der Waals surface area contributed by atoms with Gasteiger partial charge in [0.2, 0.25) is 0 Å². The Bertz CT molecular complexity index is 1280. The van der Waals surface area contributed by atoms with Gasteiger partial charge in [0.15, 0.2) is 0 Å². The molecule has 1 heterocycles. The van der Waals surface area contributed by atoms with Crippen LogP contribution in [0.1, 0.15) is 18.3 Å². The summed E-state index contributed by atoms with van der Waals surface area (Å²) in [6.07, 6.45) is 1.67. The molecule has 0 atom stereocenters. The van der Waals surface area contributed by atoms with Crippen molar-refractivity contribution in [3.8, 4) is 5.75 Å². The highest BCUT2D eigenvalue weighted by Crippen LogP contribution is 2.27. The van der Waals surface area contributed by atoms with E-state index in [9.17, 15) is 4.79 Å². The number of aryl methyl sites for hydroxylation is 1. The molecule has 5 nitrogen and oxygen atoms in total. The first kappa shape index (κ1) is 18.4. The summed E-state index contributed by atoms with van der Waals surface area (Å²) in [5.74, 6) is 1.25. The molecule has 0 aliphatic heterocycles. The van der Waals surface area contributed by atoms with E-state index in [0.717, 1.165) is 26.6 Å². The summed E-state index contributed by atoms with van der Waals surface area (Å²) in [7, 11) is 0. The maximum Gasteiger partial charge on any atom is 0.282 e. The maximum atomic E-state index is 13.0. The van der Waals surface area contributed by atoms with Crippen LogP contribution in [-0.2, 0) is 0 Å². The molecule has 28 heavy (non-hydrogen) atoms. The molecule has 4 rings (SSSR count). The summed E-state index contributed by atoms with van der Waals surface area (Å²) < 4.78 is 7.93. The normalized spacial score (nSPS) is 11.5. The lowest BCUT2D eigenvalue weighted by atomic mass is 10.0. The molecule has 3 aromatic carbocycles. The Balaban J connectivity index is 1.90. The third kappa shape index (κ3) is 3.31. The number of hydrogen-bond acceptors (Lipinski definition) is 4. The average Bonchev–Trinajstić information content (AvgIpc) is 2.70. The fourth-order valence-electron chi connectivity index (χ4n) is 3.20. The van der Waals surface area contributed by atoms with Crippen molar-refractivity contribution < 1.29 is 4.74 Å². The van der Waals surface area contributed by atoms with Crippen LogP contribution >= 0.6 is 15.9 Å². The standard InChI is InChI=1S/C22H18BrN3O2/c1-3-28-21-11-8-15-6-4-5-7-17(15)19(21)13-24-26-14(2)25-20-10-9-16(23)12-18(20)22(26)27/h4-13H,3H2,1-2H3. The highest BCUT2D eigenvalue weighted by atomic mass is 79.9. The lowest BCUT2D eigenvalue weighted by Crippen LogP contribution is -2.20. The highest BCUT2D eigenvalue weighted by Gasteiger charge is 2.10. The van der Waals surface area contributed by atoms with Gasteiger partial charge in [0, 0.05) is 10.0 Å². The van der Waals surface area contributed by atoms with E-state index < -0.39 is 0 Å². The van der Waals surface area contributed by atoms with Gasteiger partial charge in [0.1, 0.15) is 11.6 Å². The number of rotatable bonds is 4. The summed E-state index contributed by atoms with van der Waals surface area (Å²) in [5, 5.41) is 7.08. The van der Waals surface area contributed by atoms with Crippen molar-refractivity contribution in [1.82, 2.24) is 9.66 Å². The summed E-state index contributed by atoms with van der Waals surface area (Å²) in [6, 6.07) is 17.4. The lowest BCUT2D eigenvalue weighted by Gasteiger charge is -2.11. The molecule has 0 saturated carbocycles. The van der Waals surface area contributed by atoms with Gasteiger partial charge in [0.05, 0.1) is 23.7 Å². The SMILES string of the molecule is CCOc1ccc2ccccc2c1C=Nn1c(C)nc2ccc(Br)cc2c1=O. The predicted molar refractivity (Wildman–Crippen MR) is 117 cm³/mol. The molecule has 4 aromatic rings. The Morgan fingerprint density at radius 1 is 1.14 bits per heavy atom. The number of benzene rings is 3. The van der Waals surface area contributed by atoms with Gasteiger partial charge in [-0.05, 0) is 48.9 Å². The summed E-state index contributed by atoms with van der Waals surface area (Å²) >= 11 is 3.41. The van der Waals surface area contributed by atoms with E-state index in [1.54, 1.807) is 19.2 Å². The van der Waals surface area contributed by atoms with Gasteiger partial charge in [0.25, 0.3) is 5.56 Å². The van der Waals surface area contributed by atoms with Gasteiger partial charge >= 0.3 is 0 Å². The smallest absolute Gasteiger partial charge is 0.282 e. The van der Waals surface area contributed by atoms with Crippen molar-refractivity contribution in [3.05, 3.63) is 80.8 Å². The molecule has 140 valence electrons. The molecule has 0 spiro atoms. The largest absolute Gasteiger partial charge is 0.493 e. The first-order chi connectivity index (χ1) is 13.6. The fourth-order valence-corrected chi connectivity index (χ4v) is 3.56. The zero-order valence-corrected chi connectivity index (χ0v) is 17.1. The van der Waals surface area contributed by atoms with E-state index in [1.807, 2.05) is 55.5 Å². The second-order valence-corrected chi connectivity index (χ2v) is 7.23. The van der Waals surface area contributed by atoms with Crippen LogP contribution in [0.5, 0.6) is 5.75 Å². The quantitative estimate of drug-likeness (QED) is 0.428. The van der Waals surface area contributed by atoms with Crippen molar-refractivity contribution in [2.45, 2.75) is 13.8 Å². The molecule has 0 fully saturated rings. The summed E-state index contributed by atoms with van der Waals surface area (Å²) in [4.78, 5) is 17.5. The van der Waals surface area contributed by atoms with Gasteiger partial charge in [-0.15, -0.1) is 0 Å². The average molecular weight is 436 g/mol. The van der Waals surface area contributed by atoms with Crippen LogP contribution in [0.15, 0.2) is 69.0 Å². The second-order valence-electron chi connectivity index (χ2n) is 6.31. The number of fused-ring (bicyclic) bond motifs is 2. The van der Waals surface area contributed by atoms with Gasteiger partial charge in [-0.1, -0.05) is 46.3 Å². The third-order valence-electron chi connectivity index (χ3n) is 4.50. The third-order valence-corrected chi connectivity index (χ3v) is 5.00. The van der Waals surface area contributed by atoms with Crippen molar-refractivity contribution in [2.75, 3.05) is 6.61 Å². The molecule has 0 radical (unpaired) electrons. The Morgan fingerprint density at radius 2 is 1.96 bits per heavy atom. The summed E-state index contributed by atoms with van der Waals surface area (Å²) in [6.45, 7) is 4.26. The molecule has 0 unspecified atom stereocenters. The zero-order chi connectivity index (χ0) is 19.7. The molecule has 6 heteroatoms. The van der Waals surface area contributed by atoms with Crippen molar-refractivity contribution in [3.63, 3.8) is 0 Å². The van der Waals surface area contributed by atoms with Gasteiger partial charge in [-0.25, -0.2) is 4.98 Å². The molecule has 0 bridgehead atoms. The van der Waals surface area contributed by atoms with Crippen molar-refractivity contribution in [1.29, 1.82) is 0 Å². The molecule has 0 aliphatic carbocycles. The first-order valence-corrected chi connectivity index (χ1v) is 9.75. The van der Waals surface area contributed by atoms with Crippen LogP contribution in [0.25, 0.3) is 21.7 Å². The molecule has 0 aliphatic rings. The van der Waals surface area contributed by atoms with Crippen LogP contribution in [-0.4, -0.2) is 22.5 Å². The van der Waals surface area contributed by atoms with E-state index >= 15 is 0 Å². The van der Waals surface area contributed by atoms with E-state index in [4.69, 9.17) is 4.74 Å². The van der Waals surface area contributed by atoms with Crippen LogP contribution in [0.4, 0.5) is 0 Å². The van der Waals surface area contributed by atoms with E-state index in [1.165, 1.54) is 4.68 Å². The monoisotopic (exact) mass is 435 g/mol. The maximum absolute atomic E-state index is 13.0. The minimum Gasteiger partial charge on any atom is -0.493 e. The molecule has 1 aromatic heterocycles. The first-order valence-electron chi connectivity index (χ1n) is 8.96. The minimum atomic E-state index is -0.210. The number of halogens is 1. The van der Waals surface area contributed by atoms with Crippen molar-refractivity contribution in [2.24, 2.45) is 5.10 Å². The Hall–Kier alpha value is -2.99. The van der Waals surface area contributed by atoms with E-state index in [-0.39, 0.29) is 5.56 Å².